The van der Waals surface area contributed by atoms with Crippen molar-refractivity contribution < 1.29 is 19.7 Å². The maximum atomic E-state index is 10.1. The Morgan fingerprint density at radius 1 is 1.00 bits per heavy atom. The van der Waals surface area contributed by atoms with Crippen molar-refractivity contribution in [3.63, 3.8) is 0 Å². The smallest absolute Gasteiger partial charge is 0.132 e. The molecule has 0 heterocycles. The average molecular weight is 463 g/mol. The minimum Gasteiger partial charge on any atom is -0.490 e. The summed E-state index contributed by atoms with van der Waals surface area (Å²) in [6.45, 7) is 6.84. The van der Waals surface area contributed by atoms with Crippen LogP contribution in [0.5, 0.6) is 11.5 Å². The van der Waals surface area contributed by atoms with Gasteiger partial charge < -0.3 is 19.7 Å². The van der Waals surface area contributed by atoms with Gasteiger partial charge in [0.15, 0.2) is 0 Å². The third kappa shape index (κ3) is 3.66. The quantitative estimate of drug-likeness (QED) is 0.542. The number of hydrogen-bond donors (Lipinski definition) is 2. The van der Waals surface area contributed by atoms with E-state index in [1.165, 1.54) is 11.1 Å². The molecule has 5 heteroatoms. The number of aliphatic hydroxyl groups is 2. The molecule has 0 aliphatic heterocycles. The lowest BCUT2D eigenvalue weighted by molar-refractivity contribution is 0.102. The summed E-state index contributed by atoms with van der Waals surface area (Å²) in [4.78, 5) is 0. The first kappa shape index (κ1) is 21.0. The lowest BCUT2D eigenvalue weighted by Gasteiger charge is -2.29. The molecule has 2 aliphatic rings. The van der Waals surface area contributed by atoms with Crippen LogP contribution in [0, 0.1) is 5.92 Å². The number of hydrogen-bond acceptors (Lipinski definition) is 4. The highest BCUT2D eigenvalue weighted by Gasteiger charge is 2.46. The number of aliphatic hydroxyl groups excluding tert-OH is 2. The highest BCUT2D eigenvalue weighted by atomic mass is 79.9. The summed E-state index contributed by atoms with van der Waals surface area (Å²) < 4.78 is 13.6. The molecule has 158 valence electrons. The first-order valence-corrected chi connectivity index (χ1v) is 11.6. The van der Waals surface area contributed by atoms with E-state index >= 15 is 0 Å². The molecular weight excluding hydrogens is 432 g/mol. The predicted octanol–water partition coefficient (Wildman–Crippen LogP) is 5.51. The molecule has 2 N–H and O–H groups in total. The molecule has 0 aromatic heterocycles. The van der Waals surface area contributed by atoms with Crippen molar-refractivity contribution in [1.29, 1.82) is 0 Å². The zero-order valence-electron chi connectivity index (χ0n) is 17.5. The van der Waals surface area contributed by atoms with E-state index < -0.39 is 12.2 Å². The second kappa shape index (κ2) is 8.44. The van der Waals surface area contributed by atoms with Crippen LogP contribution in [0.3, 0.4) is 0 Å². The Hall–Kier alpha value is -1.30. The molecule has 4 rings (SSSR count). The van der Waals surface area contributed by atoms with Gasteiger partial charge in [-0.2, -0.15) is 0 Å². The van der Waals surface area contributed by atoms with Crippen LogP contribution >= 0.6 is 15.9 Å². The highest BCUT2D eigenvalue weighted by molar-refractivity contribution is 9.10. The molecule has 1 fully saturated rings. The molecule has 29 heavy (non-hydrogen) atoms. The van der Waals surface area contributed by atoms with Gasteiger partial charge in [-0.15, -0.1) is 0 Å². The summed E-state index contributed by atoms with van der Waals surface area (Å²) in [5.74, 6) is 3.35. The van der Waals surface area contributed by atoms with Gasteiger partial charge in [0.25, 0.3) is 0 Å². The van der Waals surface area contributed by atoms with Gasteiger partial charge in [-0.1, -0.05) is 48.8 Å². The van der Waals surface area contributed by atoms with Gasteiger partial charge in [0.2, 0.25) is 0 Å². The summed E-state index contributed by atoms with van der Waals surface area (Å²) >= 11 is 3.73. The lowest BCUT2D eigenvalue weighted by Crippen LogP contribution is -2.20. The molecule has 1 saturated carbocycles. The van der Waals surface area contributed by atoms with Crippen LogP contribution < -0.4 is 9.47 Å². The van der Waals surface area contributed by atoms with Crippen LogP contribution in [0.2, 0.25) is 0 Å². The second-order valence-electron chi connectivity index (χ2n) is 8.65. The predicted molar refractivity (Wildman–Crippen MR) is 119 cm³/mol. The molecule has 2 aliphatic carbocycles. The van der Waals surface area contributed by atoms with Crippen LogP contribution in [0.1, 0.15) is 69.4 Å². The van der Waals surface area contributed by atoms with Gasteiger partial charge >= 0.3 is 0 Å². The lowest BCUT2D eigenvalue weighted by atomic mass is 9.82. The third-order valence-corrected chi connectivity index (χ3v) is 7.37. The van der Waals surface area contributed by atoms with E-state index in [9.17, 15) is 10.2 Å². The van der Waals surface area contributed by atoms with E-state index in [4.69, 9.17) is 9.47 Å². The SMILES string of the molecule is CCC(O)COc1c2c(c(OCC(O)CC)c3c(Br)cccc13)C1CC(C)C2C1. The van der Waals surface area contributed by atoms with Crippen molar-refractivity contribution in [2.45, 2.75) is 70.5 Å². The molecule has 2 aromatic rings. The Labute approximate surface area is 181 Å². The normalized spacial score (nSPS) is 24.6. The molecule has 0 spiro atoms. The molecule has 0 amide bonds. The molecular formula is C24H31BrO4. The monoisotopic (exact) mass is 462 g/mol. The molecule has 0 saturated heterocycles. The fourth-order valence-electron chi connectivity index (χ4n) is 5.03. The van der Waals surface area contributed by atoms with Gasteiger partial charge in [-0.05, 0) is 49.5 Å². The van der Waals surface area contributed by atoms with E-state index in [1.54, 1.807) is 0 Å². The summed E-state index contributed by atoms with van der Waals surface area (Å²) in [6.07, 6.45) is 2.68. The van der Waals surface area contributed by atoms with Gasteiger partial charge in [-0.3, -0.25) is 0 Å². The largest absolute Gasteiger partial charge is 0.490 e. The maximum absolute atomic E-state index is 10.1. The minimum absolute atomic E-state index is 0.293. The highest BCUT2D eigenvalue weighted by Crippen LogP contribution is 2.63. The molecule has 0 radical (unpaired) electrons. The van der Waals surface area contributed by atoms with Crippen molar-refractivity contribution >= 4 is 26.7 Å². The van der Waals surface area contributed by atoms with E-state index in [0.717, 1.165) is 39.6 Å². The first-order valence-electron chi connectivity index (χ1n) is 10.9. The van der Waals surface area contributed by atoms with Crippen molar-refractivity contribution in [3.8, 4) is 11.5 Å². The third-order valence-electron chi connectivity index (χ3n) is 6.71. The number of benzene rings is 2. The molecule has 5 atom stereocenters. The van der Waals surface area contributed by atoms with E-state index in [0.29, 0.717) is 43.8 Å². The van der Waals surface area contributed by atoms with E-state index in [1.807, 2.05) is 26.0 Å². The molecule has 2 bridgehead atoms. The Morgan fingerprint density at radius 2 is 1.66 bits per heavy atom. The zero-order valence-corrected chi connectivity index (χ0v) is 19.0. The zero-order chi connectivity index (χ0) is 20.7. The van der Waals surface area contributed by atoms with Crippen molar-refractivity contribution in [1.82, 2.24) is 0 Å². The van der Waals surface area contributed by atoms with Crippen molar-refractivity contribution in [2.24, 2.45) is 5.92 Å². The fourth-order valence-corrected chi connectivity index (χ4v) is 5.57. The number of halogens is 1. The van der Waals surface area contributed by atoms with Gasteiger partial charge in [0.1, 0.15) is 24.7 Å². The molecule has 4 nitrogen and oxygen atoms in total. The van der Waals surface area contributed by atoms with Crippen LogP contribution in [0.4, 0.5) is 0 Å². The summed E-state index contributed by atoms with van der Waals surface area (Å²) in [5.41, 5.74) is 2.53. The summed E-state index contributed by atoms with van der Waals surface area (Å²) in [5, 5.41) is 22.3. The molecule has 5 unspecified atom stereocenters. The Balaban J connectivity index is 1.90. The van der Waals surface area contributed by atoms with Crippen LogP contribution in [-0.2, 0) is 0 Å². The van der Waals surface area contributed by atoms with Crippen LogP contribution in [0.15, 0.2) is 22.7 Å². The Bertz CT molecular complexity index is 896. The first-order chi connectivity index (χ1) is 14.0. The van der Waals surface area contributed by atoms with Crippen molar-refractivity contribution in [3.05, 3.63) is 33.8 Å². The number of ether oxygens (including phenoxy) is 2. The maximum Gasteiger partial charge on any atom is 0.132 e. The summed E-state index contributed by atoms with van der Waals surface area (Å²) in [7, 11) is 0. The van der Waals surface area contributed by atoms with Gasteiger partial charge in [-0.25, -0.2) is 0 Å². The van der Waals surface area contributed by atoms with Gasteiger partial charge in [0.05, 0.1) is 12.2 Å². The second-order valence-corrected chi connectivity index (χ2v) is 9.50. The fraction of sp³-hybridized carbons (Fsp3) is 0.583. The van der Waals surface area contributed by atoms with Crippen molar-refractivity contribution in [2.75, 3.05) is 13.2 Å². The number of fused-ring (bicyclic) bond motifs is 6. The van der Waals surface area contributed by atoms with E-state index in [-0.39, 0.29) is 0 Å². The van der Waals surface area contributed by atoms with Crippen LogP contribution in [0.25, 0.3) is 10.8 Å². The minimum atomic E-state index is -0.476. The van der Waals surface area contributed by atoms with E-state index in [2.05, 4.69) is 28.9 Å². The average Bonchev–Trinajstić information content (AvgIpc) is 3.27. The topological polar surface area (TPSA) is 58.9 Å². The van der Waals surface area contributed by atoms with Crippen LogP contribution in [-0.4, -0.2) is 35.6 Å². The summed E-state index contributed by atoms with van der Waals surface area (Å²) in [6, 6.07) is 6.12. The molecule has 2 aromatic carbocycles. The Kier molecular flexibility index (Phi) is 6.10. The number of rotatable bonds is 8. The van der Waals surface area contributed by atoms with Gasteiger partial charge in [0, 0.05) is 26.4 Å². The Morgan fingerprint density at radius 3 is 2.31 bits per heavy atom. The standard InChI is InChI=1S/C24H31BrO4/c1-4-15(26)11-28-23-17-7-6-8-19(25)21(17)24(29-12-16(27)5-2)20-14-9-13(3)18(10-14)22(20)23/h6-8,13-16,18,26-27H,4-5,9-12H2,1-3H3.